The molecule has 6 nitrogen and oxygen atoms in total. The molecule has 26 heavy (non-hydrogen) atoms. The molecule has 1 amide bonds. The van der Waals surface area contributed by atoms with Crippen molar-refractivity contribution in [2.24, 2.45) is 11.8 Å². The minimum atomic E-state index is -0.299. The minimum absolute atomic E-state index is 0.164. The van der Waals surface area contributed by atoms with Crippen LogP contribution >= 0.6 is 0 Å². The van der Waals surface area contributed by atoms with Gasteiger partial charge in [-0.3, -0.25) is 9.59 Å². The van der Waals surface area contributed by atoms with E-state index in [2.05, 4.69) is 4.98 Å². The molecule has 0 bridgehead atoms. The smallest absolute Gasteiger partial charge is 0.310 e. The Morgan fingerprint density at radius 3 is 2.73 bits per heavy atom. The van der Waals surface area contributed by atoms with Gasteiger partial charge < -0.3 is 14.2 Å². The van der Waals surface area contributed by atoms with Crippen molar-refractivity contribution in [3.63, 3.8) is 0 Å². The van der Waals surface area contributed by atoms with Crippen molar-refractivity contribution >= 4 is 11.9 Å². The van der Waals surface area contributed by atoms with Crippen LogP contribution in [0.4, 0.5) is 0 Å². The number of methoxy groups -OCH3 is 1. The molecule has 1 fully saturated rings. The van der Waals surface area contributed by atoms with E-state index in [0.717, 1.165) is 19.4 Å². The average Bonchev–Trinajstić information content (AvgIpc) is 3.18. The van der Waals surface area contributed by atoms with Crippen LogP contribution in [0.1, 0.15) is 58.3 Å². The van der Waals surface area contributed by atoms with E-state index in [1.165, 1.54) is 39.2 Å². The monoisotopic (exact) mass is 363 g/mol. The van der Waals surface area contributed by atoms with Crippen molar-refractivity contribution in [2.75, 3.05) is 20.2 Å². The SMILES string of the molecule is COC(=O)C(C)CN(CCCn1ccnc1)C(=O)CCC1CCCCC1. The van der Waals surface area contributed by atoms with Crippen LogP contribution in [0, 0.1) is 11.8 Å². The molecule has 1 saturated carbocycles. The largest absolute Gasteiger partial charge is 0.469 e. The van der Waals surface area contributed by atoms with Crippen LogP contribution in [0.2, 0.25) is 0 Å². The number of aryl methyl sites for hydroxylation is 1. The maximum Gasteiger partial charge on any atom is 0.310 e. The zero-order valence-electron chi connectivity index (χ0n) is 16.2. The topological polar surface area (TPSA) is 64.4 Å². The van der Waals surface area contributed by atoms with Gasteiger partial charge in [0, 0.05) is 38.4 Å². The van der Waals surface area contributed by atoms with Gasteiger partial charge in [0.05, 0.1) is 19.4 Å². The Morgan fingerprint density at radius 1 is 1.31 bits per heavy atom. The molecule has 1 aromatic heterocycles. The molecule has 2 rings (SSSR count). The molecule has 1 heterocycles. The van der Waals surface area contributed by atoms with E-state index in [1.54, 1.807) is 12.5 Å². The van der Waals surface area contributed by atoms with E-state index in [1.807, 2.05) is 22.6 Å². The first-order valence-corrected chi connectivity index (χ1v) is 9.91. The highest BCUT2D eigenvalue weighted by Gasteiger charge is 2.22. The van der Waals surface area contributed by atoms with Gasteiger partial charge in [0.1, 0.15) is 0 Å². The molecule has 6 heteroatoms. The summed E-state index contributed by atoms with van der Waals surface area (Å²) in [4.78, 5) is 30.4. The first-order valence-electron chi connectivity index (χ1n) is 9.91. The van der Waals surface area contributed by atoms with Crippen molar-refractivity contribution in [3.05, 3.63) is 18.7 Å². The third kappa shape index (κ3) is 6.81. The van der Waals surface area contributed by atoms with E-state index in [-0.39, 0.29) is 17.8 Å². The van der Waals surface area contributed by atoms with Crippen LogP contribution in [0.3, 0.4) is 0 Å². The van der Waals surface area contributed by atoms with Gasteiger partial charge in [-0.15, -0.1) is 0 Å². The molecule has 146 valence electrons. The van der Waals surface area contributed by atoms with Crippen LogP contribution in [-0.4, -0.2) is 46.5 Å². The van der Waals surface area contributed by atoms with E-state index in [4.69, 9.17) is 4.74 Å². The van der Waals surface area contributed by atoms with Crippen LogP contribution in [0.15, 0.2) is 18.7 Å². The molecule has 1 atom stereocenters. The fourth-order valence-electron chi connectivity index (χ4n) is 3.75. The summed E-state index contributed by atoms with van der Waals surface area (Å²) in [7, 11) is 1.40. The van der Waals surface area contributed by atoms with Crippen LogP contribution < -0.4 is 0 Å². The summed E-state index contributed by atoms with van der Waals surface area (Å²) in [6, 6.07) is 0. The summed E-state index contributed by atoms with van der Waals surface area (Å²) < 4.78 is 6.83. The highest BCUT2D eigenvalue weighted by Crippen LogP contribution is 2.27. The van der Waals surface area contributed by atoms with Gasteiger partial charge in [-0.05, 0) is 18.8 Å². The van der Waals surface area contributed by atoms with Crippen LogP contribution in [0.25, 0.3) is 0 Å². The van der Waals surface area contributed by atoms with Gasteiger partial charge in [0.15, 0.2) is 0 Å². The van der Waals surface area contributed by atoms with E-state index in [9.17, 15) is 9.59 Å². The molecule has 0 radical (unpaired) electrons. The second kappa shape index (κ2) is 11.0. The Bertz CT molecular complexity index is 539. The molecule has 0 aromatic carbocycles. The van der Waals surface area contributed by atoms with E-state index >= 15 is 0 Å². The molecule has 1 aliphatic carbocycles. The molecule has 0 spiro atoms. The molecule has 1 aromatic rings. The Morgan fingerprint density at radius 2 is 2.08 bits per heavy atom. The number of carbonyl (C=O) groups is 2. The highest BCUT2D eigenvalue weighted by atomic mass is 16.5. The molecule has 1 unspecified atom stereocenters. The molecular formula is C20H33N3O3. The third-order valence-corrected chi connectivity index (χ3v) is 5.35. The quantitative estimate of drug-likeness (QED) is 0.599. The second-order valence-corrected chi connectivity index (χ2v) is 7.46. The molecule has 1 aliphatic rings. The first kappa shape index (κ1) is 20.5. The maximum absolute atomic E-state index is 12.8. The standard InChI is InChI=1S/C20H33N3O3/c1-17(20(25)26-2)15-23(13-6-12-22-14-11-21-16-22)19(24)10-9-18-7-4-3-5-8-18/h11,14,16-18H,3-10,12-13,15H2,1-2H3. The van der Waals surface area contributed by atoms with Gasteiger partial charge in [0.25, 0.3) is 0 Å². The van der Waals surface area contributed by atoms with Crippen molar-refractivity contribution < 1.29 is 14.3 Å². The fourth-order valence-corrected chi connectivity index (χ4v) is 3.75. The number of hydrogen-bond acceptors (Lipinski definition) is 4. The normalized spacial score (nSPS) is 16.2. The number of nitrogens with zero attached hydrogens (tertiary/aromatic N) is 3. The lowest BCUT2D eigenvalue weighted by Gasteiger charge is -2.27. The van der Waals surface area contributed by atoms with Crippen LogP contribution in [-0.2, 0) is 20.9 Å². The van der Waals surface area contributed by atoms with Crippen molar-refractivity contribution in [1.82, 2.24) is 14.5 Å². The van der Waals surface area contributed by atoms with Crippen molar-refractivity contribution in [3.8, 4) is 0 Å². The van der Waals surface area contributed by atoms with Crippen LogP contribution in [0.5, 0.6) is 0 Å². The van der Waals surface area contributed by atoms with Gasteiger partial charge >= 0.3 is 5.97 Å². The Hall–Kier alpha value is -1.85. The summed E-state index contributed by atoms with van der Waals surface area (Å²) in [5.41, 5.74) is 0. The maximum atomic E-state index is 12.8. The Kier molecular flexibility index (Phi) is 8.65. The third-order valence-electron chi connectivity index (χ3n) is 5.35. The number of hydrogen-bond donors (Lipinski definition) is 0. The van der Waals surface area contributed by atoms with E-state index < -0.39 is 0 Å². The number of amides is 1. The molecule has 0 aliphatic heterocycles. The predicted molar refractivity (Wildman–Crippen MR) is 100 cm³/mol. The fraction of sp³-hybridized carbons (Fsp3) is 0.750. The zero-order valence-corrected chi connectivity index (χ0v) is 16.2. The number of imidazole rings is 1. The number of aromatic nitrogens is 2. The van der Waals surface area contributed by atoms with Gasteiger partial charge in [-0.1, -0.05) is 39.0 Å². The van der Waals surface area contributed by atoms with Gasteiger partial charge in [-0.25, -0.2) is 4.98 Å². The van der Waals surface area contributed by atoms with E-state index in [0.29, 0.717) is 25.4 Å². The highest BCUT2D eigenvalue weighted by molar-refractivity contribution is 5.78. The predicted octanol–water partition coefficient (Wildman–Crippen LogP) is 3.27. The zero-order chi connectivity index (χ0) is 18.8. The lowest BCUT2D eigenvalue weighted by molar-refractivity contribution is -0.146. The van der Waals surface area contributed by atoms with Gasteiger partial charge in [0.2, 0.25) is 5.91 Å². The number of ether oxygens (including phenoxy) is 1. The number of rotatable bonds is 10. The number of carbonyl (C=O) groups excluding carboxylic acids is 2. The summed E-state index contributed by atoms with van der Waals surface area (Å²) in [5, 5.41) is 0. The molecule has 0 N–H and O–H groups in total. The summed E-state index contributed by atoms with van der Waals surface area (Å²) >= 11 is 0. The summed E-state index contributed by atoms with van der Waals surface area (Å²) in [5.74, 6) is 0.298. The lowest BCUT2D eigenvalue weighted by atomic mass is 9.86. The van der Waals surface area contributed by atoms with Gasteiger partial charge in [-0.2, -0.15) is 0 Å². The first-order chi connectivity index (χ1) is 12.6. The average molecular weight is 364 g/mol. The lowest BCUT2D eigenvalue weighted by Crippen LogP contribution is -2.38. The number of esters is 1. The minimum Gasteiger partial charge on any atom is -0.469 e. The second-order valence-electron chi connectivity index (χ2n) is 7.46. The Labute approximate surface area is 156 Å². The summed E-state index contributed by atoms with van der Waals surface area (Å²) in [6.07, 6.45) is 14.3. The molecular weight excluding hydrogens is 330 g/mol. The Balaban J connectivity index is 1.84. The molecule has 0 saturated heterocycles. The summed E-state index contributed by atoms with van der Waals surface area (Å²) in [6.45, 7) is 3.73. The van der Waals surface area contributed by atoms with Crippen molar-refractivity contribution in [1.29, 1.82) is 0 Å². The van der Waals surface area contributed by atoms with Crippen molar-refractivity contribution in [2.45, 2.75) is 64.8 Å².